The van der Waals surface area contributed by atoms with Crippen molar-refractivity contribution in [2.75, 3.05) is 4.90 Å². The molecule has 0 saturated carbocycles. The number of rotatable bonds is 5. The van der Waals surface area contributed by atoms with E-state index in [0.717, 1.165) is 44.3 Å². The van der Waals surface area contributed by atoms with Gasteiger partial charge < -0.3 is 4.90 Å². The van der Waals surface area contributed by atoms with Gasteiger partial charge in [0, 0.05) is 32.9 Å². The summed E-state index contributed by atoms with van der Waals surface area (Å²) in [6.45, 7) is 9.61. The van der Waals surface area contributed by atoms with Crippen LogP contribution in [0.1, 0.15) is 72.2 Å². The molecule has 2 aliphatic rings. The van der Waals surface area contributed by atoms with E-state index in [2.05, 4.69) is 251 Å². The summed E-state index contributed by atoms with van der Waals surface area (Å²) in [6.07, 6.45) is 1.94. The van der Waals surface area contributed by atoms with Crippen molar-refractivity contribution in [2.24, 2.45) is 0 Å². The first-order valence-electron chi connectivity index (χ1n) is 23.8. The highest BCUT2D eigenvalue weighted by atomic mass is 15.2. The third-order valence-electron chi connectivity index (χ3n) is 15.4. The number of para-hydroxylation sites is 2. The zero-order valence-corrected chi connectivity index (χ0v) is 38.7. The monoisotopic (exact) mass is 871 g/mol. The van der Waals surface area contributed by atoms with Gasteiger partial charge in [0.1, 0.15) is 0 Å². The van der Waals surface area contributed by atoms with Crippen LogP contribution in [0.4, 0.5) is 17.1 Å². The zero-order chi connectivity index (χ0) is 45.8. The summed E-state index contributed by atoms with van der Waals surface area (Å²) in [5, 5.41) is 4.65. The second-order valence-electron chi connectivity index (χ2n) is 19.7. The van der Waals surface area contributed by atoms with Crippen molar-refractivity contribution in [3.8, 4) is 22.4 Å². The fourth-order valence-electron chi connectivity index (χ4n) is 12.1. The molecule has 1 aliphatic carbocycles. The largest absolute Gasteiger partial charge is 0.310 e. The van der Waals surface area contributed by atoms with E-state index in [9.17, 15) is 0 Å². The Morgan fingerprint density at radius 1 is 0.353 bits per heavy atom. The van der Waals surface area contributed by atoms with Crippen LogP contribution in [0.5, 0.6) is 0 Å². The Hall–Kier alpha value is -8.14. The van der Waals surface area contributed by atoms with E-state index in [1.807, 2.05) is 6.20 Å². The highest BCUT2D eigenvalue weighted by Crippen LogP contribution is 2.59. The molecule has 3 nitrogen and oxygen atoms in total. The molecule has 2 heterocycles. The van der Waals surface area contributed by atoms with Crippen LogP contribution in [0.25, 0.3) is 55.0 Å². The van der Waals surface area contributed by atoms with Crippen LogP contribution in [0.2, 0.25) is 0 Å². The van der Waals surface area contributed by atoms with Gasteiger partial charge in [-0.05, 0) is 103 Å². The zero-order valence-electron chi connectivity index (χ0n) is 38.7. The number of hydrogen-bond acceptors (Lipinski definition) is 3. The minimum absolute atomic E-state index is 0.256. The molecule has 1 aliphatic heterocycles. The molecule has 0 radical (unpaired) electrons. The minimum Gasteiger partial charge on any atom is -0.310 e. The molecular formula is C65H49N3. The summed E-state index contributed by atoms with van der Waals surface area (Å²) >= 11 is 0. The molecule has 0 unspecified atom stereocenters. The highest BCUT2D eigenvalue weighted by Gasteiger charge is 2.47. The van der Waals surface area contributed by atoms with Gasteiger partial charge in [0.05, 0.1) is 39.7 Å². The third kappa shape index (κ3) is 5.72. The smallest absolute Gasteiger partial charge is 0.0979 e. The molecule has 324 valence electrons. The lowest BCUT2D eigenvalue weighted by Crippen LogP contribution is -2.38. The molecule has 0 atom stereocenters. The van der Waals surface area contributed by atoms with Crippen molar-refractivity contribution in [3.63, 3.8) is 0 Å². The molecule has 0 bridgehead atoms. The maximum absolute atomic E-state index is 5.33. The van der Waals surface area contributed by atoms with Gasteiger partial charge in [-0.2, -0.15) is 0 Å². The van der Waals surface area contributed by atoms with Crippen LogP contribution < -0.4 is 4.90 Å². The lowest BCUT2D eigenvalue weighted by molar-refractivity contribution is 0.521. The predicted molar refractivity (Wildman–Crippen MR) is 283 cm³/mol. The summed E-state index contributed by atoms with van der Waals surface area (Å²) in [5.41, 5.74) is 19.1. The Morgan fingerprint density at radius 3 is 1.46 bits per heavy atom. The van der Waals surface area contributed by atoms with Crippen molar-refractivity contribution < 1.29 is 0 Å². The van der Waals surface area contributed by atoms with Crippen LogP contribution >= 0.6 is 0 Å². The molecule has 13 rings (SSSR count). The van der Waals surface area contributed by atoms with Crippen LogP contribution in [0.3, 0.4) is 0 Å². The lowest BCUT2D eigenvalue weighted by atomic mass is 9.59. The normalized spacial score (nSPS) is 15.1. The summed E-state index contributed by atoms with van der Waals surface area (Å²) < 4.78 is 0. The maximum Gasteiger partial charge on any atom is 0.0979 e. The van der Waals surface area contributed by atoms with E-state index < -0.39 is 5.41 Å². The van der Waals surface area contributed by atoms with Gasteiger partial charge in [-0.1, -0.05) is 210 Å². The molecule has 0 fully saturated rings. The van der Waals surface area contributed by atoms with E-state index in [-0.39, 0.29) is 10.8 Å². The number of anilines is 3. The summed E-state index contributed by atoms with van der Waals surface area (Å²) in [5.74, 6) is 0. The number of nitrogens with zero attached hydrogens (tertiary/aromatic N) is 3. The lowest BCUT2D eigenvalue weighted by Gasteiger charge is -2.47. The molecule has 1 aromatic heterocycles. The first-order valence-corrected chi connectivity index (χ1v) is 23.8. The van der Waals surface area contributed by atoms with Crippen molar-refractivity contribution in [1.82, 2.24) is 9.97 Å². The number of aromatic nitrogens is 2. The Morgan fingerprint density at radius 2 is 0.838 bits per heavy atom. The van der Waals surface area contributed by atoms with Gasteiger partial charge in [0.15, 0.2) is 0 Å². The fourth-order valence-corrected chi connectivity index (χ4v) is 12.1. The SMILES string of the molecule is CC1(C)c2ccc(N3c4ccccc4C(c4ccccc4)(c4ccccc4)c4ccccc43)cc2C(C)(C)c2ccc(-c3cccc(-c4cnc5c6ccccc6c6ccccc6c5n4)c3)cc21. The second-order valence-corrected chi connectivity index (χ2v) is 19.7. The van der Waals surface area contributed by atoms with Crippen molar-refractivity contribution in [3.05, 3.63) is 269 Å². The van der Waals surface area contributed by atoms with Crippen LogP contribution in [-0.4, -0.2) is 9.97 Å². The average molecular weight is 872 g/mol. The van der Waals surface area contributed by atoms with Gasteiger partial charge in [-0.25, -0.2) is 4.98 Å². The first kappa shape index (κ1) is 40.2. The van der Waals surface area contributed by atoms with E-state index >= 15 is 0 Å². The van der Waals surface area contributed by atoms with Gasteiger partial charge in [0.25, 0.3) is 0 Å². The second kappa shape index (κ2) is 14.9. The Kier molecular flexibility index (Phi) is 8.82. The summed E-state index contributed by atoms with van der Waals surface area (Å²) in [6, 6.07) is 80.5. The van der Waals surface area contributed by atoms with E-state index in [1.54, 1.807) is 0 Å². The standard InChI is InChI=1S/C65H49N3/c1-63(2)53-37-35-47(68-59-32-17-15-30-54(59)65(45-22-7-5-8-23-45,46-24-9-6-10-25-46)55-31-16-18-33-60(55)68)40-57(53)64(3,4)52-36-34-43(39-56(52)63)42-20-19-21-44(38-42)58-41-66-61-50-28-13-11-26-48(50)49-27-12-14-29-51(49)62(61)67-58/h5-41H,1-4H3. The van der Waals surface area contributed by atoms with Crippen molar-refractivity contribution >= 4 is 49.6 Å². The van der Waals surface area contributed by atoms with E-state index in [0.29, 0.717) is 0 Å². The fraction of sp³-hybridized carbons (Fsp3) is 0.108. The van der Waals surface area contributed by atoms with Gasteiger partial charge in [-0.15, -0.1) is 0 Å². The number of hydrogen-bond donors (Lipinski definition) is 0. The Bertz CT molecular complexity index is 3690. The molecular weight excluding hydrogens is 823 g/mol. The number of fused-ring (bicyclic) bond motifs is 10. The van der Waals surface area contributed by atoms with Gasteiger partial charge in [0.2, 0.25) is 0 Å². The van der Waals surface area contributed by atoms with Crippen LogP contribution in [-0.2, 0) is 16.2 Å². The van der Waals surface area contributed by atoms with E-state index in [1.165, 1.54) is 72.2 Å². The first-order chi connectivity index (χ1) is 33.2. The Balaban J connectivity index is 0.906. The highest BCUT2D eigenvalue weighted by molar-refractivity contribution is 6.23. The van der Waals surface area contributed by atoms with Crippen molar-refractivity contribution in [2.45, 2.75) is 43.9 Å². The third-order valence-corrected chi connectivity index (χ3v) is 15.4. The minimum atomic E-state index is -0.509. The average Bonchev–Trinajstić information content (AvgIpc) is 3.40. The molecule has 10 aromatic carbocycles. The number of benzene rings is 10. The Labute approximate surface area is 398 Å². The molecule has 3 heteroatoms. The molecule has 68 heavy (non-hydrogen) atoms. The molecule has 11 aromatic rings. The van der Waals surface area contributed by atoms with Crippen molar-refractivity contribution in [1.29, 1.82) is 0 Å². The molecule has 0 N–H and O–H groups in total. The predicted octanol–water partition coefficient (Wildman–Crippen LogP) is 16.4. The summed E-state index contributed by atoms with van der Waals surface area (Å²) in [7, 11) is 0. The van der Waals surface area contributed by atoms with Crippen LogP contribution in [0.15, 0.2) is 225 Å². The summed E-state index contributed by atoms with van der Waals surface area (Å²) in [4.78, 5) is 12.9. The van der Waals surface area contributed by atoms with E-state index in [4.69, 9.17) is 9.97 Å². The molecule has 0 saturated heterocycles. The maximum atomic E-state index is 5.33. The topological polar surface area (TPSA) is 29.0 Å². The molecule has 0 amide bonds. The van der Waals surface area contributed by atoms with Gasteiger partial charge >= 0.3 is 0 Å². The quantitative estimate of drug-likeness (QED) is 0.161. The van der Waals surface area contributed by atoms with Gasteiger partial charge in [-0.3, -0.25) is 4.98 Å². The molecule has 0 spiro atoms. The van der Waals surface area contributed by atoms with Crippen LogP contribution in [0, 0.1) is 0 Å².